The summed E-state index contributed by atoms with van der Waals surface area (Å²) in [6.07, 6.45) is 0. The molecule has 2 aromatic rings. The third kappa shape index (κ3) is 3.72. The van der Waals surface area contributed by atoms with Crippen LogP contribution in [0, 0.1) is 0 Å². The molecule has 8 nitrogen and oxygen atoms in total. The van der Waals surface area contributed by atoms with E-state index >= 15 is 0 Å². The van der Waals surface area contributed by atoms with Crippen molar-refractivity contribution in [3.63, 3.8) is 0 Å². The van der Waals surface area contributed by atoms with Gasteiger partial charge in [-0.05, 0) is 36.4 Å². The Bertz CT molecular complexity index is 1090. The van der Waals surface area contributed by atoms with Crippen LogP contribution in [-0.4, -0.2) is 50.3 Å². The van der Waals surface area contributed by atoms with Gasteiger partial charge < -0.3 is 0 Å². The number of carbonyl (C=O) groups excluding carboxylic acids is 2. The maximum absolute atomic E-state index is 12.7. The minimum atomic E-state index is -4.37. The molecule has 1 heterocycles. The van der Waals surface area contributed by atoms with Crippen LogP contribution >= 0.6 is 23.2 Å². The van der Waals surface area contributed by atoms with Crippen LogP contribution in [0.15, 0.2) is 58.3 Å². The molecule has 0 bridgehead atoms. The Labute approximate surface area is 171 Å². The minimum absolute atomic E-state index is 0.127. The van der Waals surface area contributed by atoms with Gasteiger partial charge in [0.2, 0.25) is 0 Å². The van der Waals surface area contributed by atoms with Gasteiger partial charge in [-0.25, -0.2) is 25.4 Å². The predicted molar refractivity (Wildman–Crippen MR) is 101 cm³/mol. The molecule has 0 aromatic heterocycles. The highest BCUT2D eigenvalue weighted by molar-refractivity contribution is 7.90. The van der Waals surface area contributed by atoms with E-state index in [-0.39, 0.29) is 19.8 Å². The SMILES string of the molecule is O=C1CN(S(=O)(=O)c2cccc(Cl)c2)C(=O)CN1S(=O)(=O)c1cccc(Cl)c1. The van der Waals surface area contributed by atoms with Gasteiger partial charge in [0, 0.05) is 10.0 Å². The molecule has 1 saturated heterocycles. The molecule has 0 saturated carbocycles. The highest BCUT2D eigenvalue weighted by atomic mass is 35.5. The van der Waals surface area contributed by atoms with Gasteiger partial charge in [-0.2, -0.15) is 0 Å². The molecule has 1 aliphatic heterocycles. The number of sulfonamides is 2. The molecule has 28 heavy (non-hydrogen) atoms. The van der Waals surface area contributed by atoms with Crippen LogP contribution in [0.25, 0.3) is 0 Å². The first-order valence-electron chi connectivity index (χ1n) is 7.66. The number of halogens is 2. The highest BCUT2D eigenvalue weighted by Gasteiger charge is 2.43. The molecule has 2 amide bonds. The van der Waals surface area contributed by atoms with E-state index in [1.807, 2.05) is 0 Å². The Hall–Kier alpha value is -2.14. The van der Waals surface area contributed by atoms with Crippen LogP contribution in [0.1, 0.15) is 0 Å². The number of carbonyl (C=O) groups is 2. The third-order valence-electron chi connectivity index (χ3n) is 3.88. The monoisotopic (exact) mass is 462 g/mol. The fraction of sp³-hybridized carbons (Fsp3) is 0.125. The Morgan fingerprint density at radius 1 is 0.679 bits per heavy atom. The number of piperazine rings is 1. The van der Waals surface area contributed by atoms with Gasteiger partial charge in [-0.3, -0.25) is 9.59 Å². The van der Waals surface area contributed by atoms with E-state index in [4.69, 9.17) is 23.2 Å². The van der Waals surface area contributed by atoms with E-state index in [2.05, 4.69) is 0 Å². The molecule has 148 valence electrons. The second kappa shape index (κ2) is 7.36. The normalized spacial score (nSPS) is 15.8. The molecule has 0 aliphatic carbocycles. The number of nitrogens with zero attached hydrogens (tertiary/aromatic N) is 2. The van der Waals surface area contributed by atoms with Crippen molar-refractivity contribution in [2.24, 2.45) is 0 Å². The van der Waals surface area contributed by atoms with Gasteiger partial charge in [0.05, 0.1) is 9.79 Å². The van der Waals surface area contributed by atoms with Gasteiger partial charge in [0.1, 0.15) is 13.1 Å². The average molecular weight is 463 g/mol. The minimum Gasteiger partial charge on any atom is -0.272 e. The van der Waals surface area contributed by atoms with Crippen LogP contribution in [0.2, 0.25) is 10.0 Å². The van der Waals surface area contributed by atoms with E-state index in [1.165, 1.54) is 36.4 Å². The van der Waals surface area contributed by atoms with Crippen molar-refractivity contribution in [1.29, 1.82) is 0 Å². The number of benzene rings is 2. The Kier molecular flexibility index (Phi) is 5.41. The predicted octanol–water partition coefficient (Wildman–Crippen LogP) is 1.74. The largest absolute Gasteiger partial charge is 0.272 e. The van der Waals surface area contributed by atoms with Crippen molar-refractivity contribution in [1.82, 2.24) is 8.61 Å². The van der Waals surface area contributed by atoms with Gasteiger partial charge in [-0.15, -0.1) is 0 Å². The first-order valence-corrected chi connectivity index (χ1v) is 11.3. The maximum Gasteiger partial charge on any atom is 0.267 e. The topological polar surface area (TPSA) is 109 Å². The fourth-order valence-electron chi connectivity index (χ4n) is 2.53. The molecule has 2 aromatic carbocycles. The zero-order valence-electron chi connectivity index (χ0n) is 13.9. The van der Waals surface area contributed by atoms with Crippen LogP contribution in [0.4, 0.5) is 0 Å². The van der Waals surface area contributed by atoms with Crippen LogP contribution in [0.3, 0.4) is 0 Å². The molecule has 12 heteroatoms. The Morgan fingerprint density at radius 3 is 1.36 bits per heavy atom. The Morgan fingerprint density at radius 2 is 1.04 bits per heavy atom. The molecule has 0 radical (unpaired) electrons. The molecule has 1 fully saturated rings. The van der Waals surface area contributed by atoms with Crippen LogP contribution < -0.4 is 0 Å². The summed E-state index contributed by atoms with van der Waals surface area (Å²) in [7, 11) is -8.74. The van der Waals surface area contributed by atoms with E-state index in [0.29, 0.717) is 8.61 Å². The van der Waals surface area contributed by atoms with Crippen molar-refractivity contribution in [3.8, 4) is 0 Å². The summed E-state index contributed by atoms with van der Waals surface area (Å²) in [5, 5.41) is 0.254. The lowest BCUT2D eigenvalue weighted by atomic mass is 10.4. The van der Waals surface area contributed by atoms with Crippen molar-refractivity contribution in [2.75, 3.05) is 13.1 Å². The summed E-state index contributed by atoms with van der Waals surface area (Å²) in [5.41, 5.74) is 0. The lowest BCUT2D eigenvalue weighted by molar-refractivity contribution is -0.141. The third-order valence-corrected chi connectivity index (χ3v) is 7.88. The zero-order valence-corrected chi connectivity index (χ0v) is 17.1. The molecule has 0 atom stereocenters. The molecular formula is C16H12Cl2N2O6S2. The van der Waals surface area contributed by atoms with Crippen LogP contribution in [0.5, 0.6) is 0 Å². The Balaban J connectivity index is 1.93. The smallest absolute Gasteiger partial charge is 0.267 e. The first kappa shape index (κ1) is 20.6. The van der Waals surface area contributed by atoms with E-state index < -0.39 is 45.0 Å². The van der Waals surface area contributed by atoms with Gasteiger partial charge in [0.15, 0.2) is 0 Å². The lowest BCUT2D eigenvalue weighted by Crippen LogP contribution is -2.56. The van der Waals surface area contributed by atoms with Crippen molar-refractivity contribution in [3.05, 3.63) is 58.6 Å². The van der Waals surface area contributed by atoms with E-state index in [1.54, 1.807) is 0 Å². The summed E-state index contributed by atoms with van der Waals surface area (Å²) in [5.74, 6) is -2.13. The number of amides is 2. The van der Waals surface area contributed by atoms with Crippen LogP contribution in [-0.2, 0) is 29.6 Å². The molecule has 3 rings (SSSR count). The van der Waals surface area contributed by atoms with Gasteiger partial charge in [-0.1, -0.05) is 35.3 Å². The average Bonchev–Trinajstić information content (AvgIpc) is 2.63. The standard InChI is InChI=1S/C16H12Cl2N2O6S2/c17-11-3-1-5-13(7-11)27(23,24)19-9-16(22)20(10-15(19)21)28(25,26)14-6-2-4-12(18)8-14/h1-8H,9-10H2. The molecule has 0 spiro atoms. The number of hydrogen-bond acceptors (Lipinski definition) is 6. The molecular weight excluding hydrogens is 451 g/mol. The number of rotatable bonds is 4. The second-order valence-electron chi connectivity index (χ2n) is 5.73. The second-order valence-corrected chi connectivity index (χ2v) is 10.3. The maximum atomic E-state index is 12.7. The zero-order chi connectivity index (χ0) is 20.7. The molecule has 0 N–H and O–H groups in total. The van der Waals surface area contributed by atoms with Crippen molar-refractivity contribution >= 4 is 55.1 Å². The van der Waals surface area contributed by atoms with E-state index in [0.717, 1.165) is 12.1 Å². The van der Waals surface area contributed by atoms with E-state index in [9.17, 15) is 26.4 Å². The lowest BCUT2D eigenvalue weighted by Gasteiger charge is -2.32. The summed E-state index contributed by atoms with van der Waals surface area (Å²) < 4.78 is 51.4. The summed E-state index contributed by atoms with van der Waals surface area (Å²) in [6.45, 7) is -1.90. The fourth-order valence-corrected chi connectivity index (χ4v) is 5.81. The molecule has 1 aliphatic rings. The number of hydrogen-bond donors (Lipinski definition) is 0. The quantitative estimate of drug-likeness (QED) is 0.684. The summed E-state index contributed by atoms with van der Waals surface area (Å²) in [4.78, 5) is 24.3. The summed E-state index contributed by atoms with van der Waals surface area (Å²) in [6, 6.07) is 10.3. The van der Waals surface area contributed by atoms with Gasteiger partial charge >= 0.3 is 0 Å². The van der Waals surface area contributed by atoms with Crippen molar-refractivity contribution < 1.29 is 26.4 Å². The molecule has 0 unspecified atom stereocenters. The van der Waals surface area contributed by atoms with Crippen molar-refractivity contribution in [2.45, 2.75) is 9.79 Å². The summed E-state index contributed by atoms with van der Waals surface area (Å²) >= 11 is 11.6. The highest BCUT2D eigenvalue weighted by Crippen LogP contribution is 2.25. The van der Waals surface area contributed by atoms with Gasteiger partial charge in [0.25, 0.3) is 31.9 Å². The first-order chi connectivity index (χ1) is 13.0.